The minimum Gasteiger partial charge on any atom is -0.313 e. The molecule has 1 aliphatic rings. The molecule has 1 fully saturated rings. The highest BCUT2D eigenvalue weighted by molar-refractivity contribution is 7.91. The van der Waals surface area contributed by atoms with Crippen LogP contribution in [0.5, 0.6) is 0 Å². The van der Waals surface area contributed by atoms with Gasteiger partial charge in [-0.1, -0.05) is 36.8 Å². The van der Waals surface area contributed by atoms with Crippen molar-refractivity contribution in [3.63, 3.8) is 0 Å². The van der Waals surface area contributed by atoms with Crippen LogP contribution >= 0.6 is 0 Å². The molecule has 106 valence electrons. The summed E-state index contributed by atoms with van der Waals surface area (Å²) in [5, 5.41) is 3.34. The van der Waals surface area contributed by atoms with Gasteiger partial charge in [-0.05, 0) is 31.2 Å². The Bertz CT molecular complexity index is 501. The monoisotopic (exact) mass is 281 g/mol. The fourth-order valence-corrected chi connectivity index (χ4v) is 3.18. The molecule has 0 aromatic heterocycles. The van der Waals surface area contributed by atoms with Gasteiger partial charge in [-0.3, -0.25) is 0 Å². The molecule has 19 heavy (non-hydrogen) atoms. The Kier molecular flexibility index (Phi) is 4.63. The summed E-state index contributed by atoms with van der Waals surface area (Å²) in [4.78, 5) is 0. The topological polar surface area (TPSA) is 46.2 Å². The normalized spacial score (nSPS) is 23.1. The van der Waals surface area contributed by atoms with E-state index in [4.69, 9.17) is 0 Å². The van der Waals surface area contributed by atoms with Crippen LogP contribution in [0.1, 0.15) is 36.8 Å². The van der Waals surface area contributed by atoms with Gasteiger partial charge in [0.2, 0.25) is 0 Å². The average Bonchev–Trinajstić information content (AvgIpc) is 2.34. The number of hydrogen-bond donors (Lipinski definition) is 1. The first-order valence-corrected chi connectivity index (χ1v) is 8.82. The molecule has 3 nitrogen and oxygen atoms in total. The van der Waals surface area contributed by atoms with E-state index >= 15 is 0 Å². The molecule has 0 radical (unpaired) electrons. The van der Waals surface area contributed by atoms with E-state index in [1.807, 2.05) is 0 Å². The third kappa shape index (κ3) is 4.05. The van der Waals surface area contributed by atoms with E-state index in [2.05, 4.69) is 36.5 Å². The number of aryl methyl sites for hydroxylation is 1. The molecule has 1 aliphatic carbocycles. The molecule has 2 rings (SSSR count). The predicted octanol–water partition coefficient (Wildman–Crippen LogP) is 2.27. The Morgan fingerprint density at radius 3 is 2.42 bits per heavy atom. The smallest absolute Gasteiger partial charge is 0.151 e. The first-order valence-electron chi connectivity index (χ1n) is 7.00. The number of nitrogens with one attached hydrogen (secondary N) is 1. The fraction of sp³-hybridized carbons (Fsp3) is 0.600. The second kappa shape index (κ2) is 6.06. The Hall–Kier alpha value is -0.870. The molecule has 0 unspecified atom stereocenters. The maximum atomic E-state index is 11.4. The van der Waals surface area contributed by atoms with E-state index in [-0.39, 0.29) is 11.5 Å². The standard InChI is InChI=1S/C15H23NO2S/c1-3-19(17,18)9-8-16-15-10-14(11-15)13-6-4-12(2)5-7-13/h4-7,14-16H,3,8-11H2,1-2H3. The van der Waals surface area contributed by atoms with Gasteiger partial charge in [-0.25, -0.2) is 8.42 Å². The molecule has 1 aromatic carbocycles. The van der Waals surface area contributed by atoms with Crippen molar-refractivity contribution >= 4 is 9.84 Å². The Labute approximate surface area is 116 Å². The van der Waals surface area contributed by atoms with Crippen LogP contribution in [-0.4, -0.2) is 32.5 Å². The lowest BCUT2D eigenvalue weighted by Crippen LogP contribution is -2.42. The molecule has 0 saturated heterocycles. The van der Waals surface area contributed by atoms with Crippen LogP contribution in [0.2, 0.25) is 0 Å². The second-order valence-corrected chi connectivity index (χ2v) is 7.94. The van der Waals surface area contributed by atoms with Gasteiger partial charge in [0.05, 0.1) is 5.75 Å². The molecular weight excluding hydrogens is 258 g/mol. The molecule has 0 amide bonds. The summed E-state index contributed by atoms with van der Waals surface area (Å²) in [5.74, 6) is 1.14. The highest BCUT2D eigenvalue weighted by Gasteiger charge is 2.29. The van der Waals surface area contributed by atoms with E-state index in [0.717, 1.165) is 12.8 Å². The zero-order chi connectivity index (χ0) is 13.9. The molecule has 1 saturated carbocycles. The number of rotatable bonds is 6. The Morgan fingerprint density at radius 1 is 1.21 bits per heavy atom. The lowest BCUT2D eigenvalue weighted by atomic mass is 9.76. The van der Waals surface area contributed by atoms with Crippen LogP contribution < -0.4 is 5.32 Å². The quantitative estimate of drug-likeness (QED) is 0.870. The number of sulfone groups is 1. The van der Waals surface area contributed by atoms with Crippen LogP contribution in [0.4, 0.5) is 0 Å². The summed E-state index contributed by atoms with van der Waals surface area (Å²) < 4.78 is 22.7. The molecule has 0 aliphatic heterocycles. The minimum atomic E-state index is -2.83. The zero-order valence-electron chi connectivity index (χ0n) is 11.7. The van der Waals surface area contributed by atoms with Crippen LogP contribution in [0.3, 0.4) is 0 Å². The first-order chi connectivity index (χ1) is 9.00. The van der Waals surface area contributed by atoms with E-state index in [0.29, 0.717) is 18.5 Å². The number of benzene rings is 1. The van der Waals surface area contributed by atoms with Gasteiger partial charge in [-0.15, -0.1) is 0 Å². The molecule has 0 bridgehead atoms. The molecule has 1 N–H and O–H groups in total. The largest absolute Gasteiger partial charge is 0.313 e. The molecule has 0 atom stereocenters. The van der Waals surface area contributed by atoms with Gasteiger partial charge in [0.25, 0.3) is 0 Å². The maximum absolute atomic E-state index is 11.4. The van der Waals surface area contributed by atoms with Crippen molar-refractivity contribution in [2.45, 2.75) is 38.6 Å². The van der Waals surface area contributed by atoms with Crippen LogP contribution in [0.15, 0.2) is 24.3 Å². The predicted molar refractivity (Wildman–Crippen MR) is 79.3 cm³/mol. The Morgan fingerprint density at radius 2 is 1.84 bits per heavy atom. The highest BCUT2D eigenvalue weighted by atomic mass is 32.2. The molecule has 4 heteroatoms. The third-order valence-electron chi connectivity index (χ3n) is 3.97. The van der Waals surface area contributed by atoms with Crippen LogP contribution in [0, 0.1) is 6.92 Å². The van der Waals surface area contributed by atoms with Crippen LogP contribution in [0.25, 0.3) is 0 Å². The SMILES string of the molecule is CCS(=O)(=O)CCNC1CC(c2ccc(C)cc2)C1. The van der Waals surface area contributed by atoms with Gasteiger partial charge < -0.3 is 5.32 Å². The van der Waals surface area contributed by atoms with Crippen LogP contribution in [-0.2, 0) is 9.84 Å². The highest BCUT2D eigenvalue weighted by Crippen LogP contribution is 2.36. The Balaban J connectivity index is 1.71. The minimum absolute atomic E-state index is 0.241. The van der Waals surface area contributed by atoms with E-state index < -0.39 is 9.84 Å². The maximum Gasteiger partial charge on any atom is 0.151 e. The first kappa shape index (κ1) is 14.5. The summed E-state index contributed by atoms with van der Waals surface area (Å²) in [7, 11) is -2.83. The fourth-order valence-electron chi connectivity index (χ4n) is 2.46. The van der Waals surface area contributed by atoms with Gasteiger partial charge in [0, 0.05) is 18.3 Å². The van der Waals surface area contributed by atoms with Crippen molar-refractivity contribution in [1.82, 2.24) is 5.32 Å². The van der Waals surface area contributed by atoms with Gasteiger partial charge in [0.15, 0.2) is 9.84 Å². The third-order valence-corrected chi connectivity index (χ3v) is 5.68. The lowest BCUT2D eigenvalue weighted by Gasteiger charge is -2.36. The summed E-state index contributed by atoms with van der Waals surface area (Å²) in [6.07, 6.45) is 2.24. The van der Waals surface area contributed by atoms with Crippen molar-refractivity contribution in [3.05, 3.63) is 35.4 Å². The van der Waals surface area contributed by atoms with Gasteiger partial charge >= 0.3 is 0 Å². The molecular formula is C15H23NO2S. The lowest BCUT2D eigenvalue weighted by molar-refractivity contribution is 0.296. The van der Waals surface area contributed by atoms with Crippen molar-refractivity contribution in [2.75, 3.05) is 18.1 Å². The van der Waals surface area contributed by atoms with E-state index in [9.17, 15) is 8.42 Å². The van der Waals surface area contributed by atoms with E-state index in [1.165, 1.54) is 11.1 Å². The van der Waals surface area contributed by atoms with Crippen molar-refractivity contribution in [1.29, 1.82) is 0 Å². The molecule has 0 heterocycles. The van der Waals surface area contributed by atoms with Crippen molar-refractivity contribution in [2.24, 2.45) is 0 Å². The van der Waals surface area contributed by atoms with Gasteiger partial charge in [0.1, 0.15) is 0 Å². The van der Waals surface area contributed by atoms with E-state index in [1.54, 1.807) is 6.92 Å². The summed E-state index contributed by atoms with van der Waals surface area (Å²) in [6.45, 7) is 4.39. The van der Waals surface area contributed by atoms with Crippen molar-refractivity contribution in [3.8, 4) is 0 Å². The van der Waals surface area contributed by atoms with Gasteiger partial charge in [-0.2, -0.15) is 0 Å². The second-order valence-electron chi connectivity index (χ2n) is 5.47. The summed E-state index contributed by atoms with van der Waals surface area (Å²) >= 11 is 0. The van der Waals surface area contributed by atoms with Crippen molar-refractivity contribution < 1.29 is 8.42 Å². The zero-order valence-corrected chi connectivity index (χ0v) is 12.5. The average molecular weight is 281 g/mol. The number of hydrogen-bond acceptors (Lipinski definition) is 3. The summed E-state index contributed by atoms with van der Waals surface area (Å²) in [5.41, 5.74) is 2.70. The summed E-state index contributed by atoms with van der Waals surface area (Å²) in [6, 6.07) is 9.21. The molecule has 0 spiro atoms. The molecule has 1 aromatic rings.